The van der Waals surface area contributed by atoms with Gasteiger partial charge >= 0.3 is 0 Å². The first-order valence-corrected chi connectivity index (χ1v) is 16.5. The van der Waals surface area contributed by atoms with Crippen molar-refractivity contribution in [3.05, 3.63) is 157 Å². The molecule has 2 aromatic heterocycles. The molecule has 10 rings (SSSR count). The fourth-order valence-corrected chi connectivity index (χ4v) is 7.86. The molecule has 0 amide bonds. The molecule has 1 aliphatic rings. The molecule has 0 saturated heterocycles. The van der Waals surface area contributed by atoms with Crippen LogP contribution in [0.5, 0.6) is 0 Å². The van der Waals surface area contributed by atoms with Gasteiger partial charge in [-0.2, -0.15) is 0 Å². The highest BCUT2D eigenvalue weighted by Gasteiger charge is 2.35. The standard InChI is InChI=1S/C45H30N2O/c1-45(2)38-12-5-3-10-33(38)34-20-18-32(26-39(34)45)30-9-7-8-29(24-30)31-17-15-27-14-16-28-19-21-41-43(42(28)37(27)25-31)48-44(47-41)36-22-23-46-40-13-6-4-11-35(36)40/h3-26H,1-2H3. The van der Waals surface area contributed by atoms with Crippen molar-refractivity contribution in [3.8, 4) is 44.8 Å². The Bertz CT molecular complexity index is 2760. The number of aromatic nitrogens is 2. The Morgan fingerprint density at radius 3 is 2.12 bits per heavy atom. The molecular weight excluding hydrogens is 585 g/mol. The first-order chi connectivity index (χ1) is 23.5. The quantitative estimate of drug-likeness (QED) is 0.186. The van der Waals surface area contributed by atoms with E-state index in [0.717, 1.165) is 43.7 Å². The highest BCUT2D eigenvalue weighted by atomic mass is 16.3. The monoisotopic (exact) mass is 614 g/mol. The average Bonchev–Trinajstić information content (AvgIpc) is 3.67. The molecule has 0 N–H and O–H groups in total. The first-order valence-electron chi connectivity index (χ1n) is 16.5. The Labute approximate surface area is 278 Å². The van der Waals surface area contributed by atoms with Crippen molar-refractivity contribution in [1.82, 2.24) is 9.97 Å². The number of pyridine rings is 1. The number of oxazole rings is 1. The van der Waals surface area contributed by atoms with E-state index in [-0.39, 0.29) is 5.41 Å². The Morgan fingerprint density at radius 2 is 1.21 bits per heavy atom. The SMILES string of the molecule is CC1(C)c2ccccc2-c2ccc(-c3cccc(-c4ccc5ccc6ccc7nc(-c8ccnc9ccccc89)oc7c6c5c4)c3)cc21. The molecule has 0 fully saturated rings. The van der Waals surface area contributed by atoms with E-state index < -0.39 is 0 Å². The summed E-state index contributed by atoms with van der Waals surface area (Å²) in [6, 6.07) is 50.2. The second-order valence-electron chi connectivity index (χ2n) is 13.4. The summed E-state index contributed by atoms with van der Waals surface area (Å²) in [4.78, 5) is 9.51. The van der Waals surface area contributed by atoms with Crippen LogP contribution in [-0.4, -0.2) is 9.97 Å². The smallest absolute Gasteiger partial charge is 0.228 e. The summed E-state index contributed by atoms with van der Waals surface area (Å²) >= 11 is 0. The highest BCUT2D eigenvalue weighted by Crippen LogP contribution is 2.49. The molecule has 7 aromatic carbocycles. The van der Waals surface area contributed by atoms with Crippen molar-refractivity contribution in [2.45, 2.75) is 19.3 Å². The molecule has 48 heavy (non-hydrogen) atoms. The van der Waals surface area contributed by atoms with E-state index in [1.165, 1.54) is 49.9 Å². The van der Waals surface area contributed by atoms with Crippen molar-refractivity contribution in [3.63, 3.8) is 0 Å². The Kier molecular flexibility index (Phi) is 5.63. The van der Waals surface area contributed by atoms with Gasteiger partial charge in [0.1, 0.15) is 5.52 Å². The molecule has 1 aliphatic carbocycles. The lowest BCUT2D eigenvalue weighted by atomic mass is 9.81. The molecule has 0 bridgehead atoms. The predicted octanol–water partition coefficient (Wildman–Crippen LogP) is 12.0. The fraction of sp³-hybridized carbons (Fsp3) is 0.0667. The lowest BCUT2D eigenvalue weighted by Gasteiger charge is -2.22. The van der Waals surface area contributed by atoms with Crippen LogP contribution in [0.15, 0.2) is 150 Å². The van der Waals surface area contributed by atoms with Crippen LogP contribution >= 0.6 is 0 Å². The summed E-state index contributed by atoms with van der Waals surface area (Å²) in [6.45, 7) is 4.68. The maximum Gasteiger partial charge on any atom is 0.228 e. The largest absolute Gasteiger partial charge is 0.435 e. The van der Waals surface area contributed by atoms with E-state index in [0.29, 0.717) is 5.89 Å². The third kappa shape index (κ3) is 3.94. The molecule has 9 aromatic rings. The van der Waals surface area contributed by atoms with Gasteiger partial charge in [0.05, 0.1) is 5.52 Å². The summed E-state index contributed by atoms with van der Waals surface area (Å²) in [6.07, 6.45) is 1.82. The van der Waals surface area contributed by atoms with Crippen LogP contribution in [-0.2, 0) is 5.41 Å². The molecule has 226 valence electrons. The van der Waals surface area contributed by atoms with Gasteiger partial charge in [-0.05, 0) is 97.1 Å². The molecule has 0 aliphatic heterocycles. The molecule has 0 spiro atoms. The first kappa shape index (κ1) is 27.1. The van der Waals surface area contributed by atoms with Crippen molar-refractivity contribution in [2.24, 2.45) is 0 Å². The maximum absolute atomic E-state index is 6.64. The van der Waals surface area contributed by atoms with E-state index in [9.17, 15) is 0 Å². The molecule has 3 nitrogen and oxygen atoms in total. The highest BCUT2D eigenvalue weighted by molar-refractivity contribution is 6.18. The average molecular weight is 615 g/mol. The lowest BCUT2D eigenvalue weighted by molar-refractivity contribution is 0.624. The van der Waals surface area contributed by atoms with Gasteiger partial charge in [-0.3, -0.25) is 4.98 Å². The van der Waals surface area contributed by atoms with E-state index in [4.69, 9.17) is 9.40 Å². The van der Waals surface area contributed by atoms with Crippen LogP contribution < -0.4 is 0 Å². The third-order valence-corrected chi connectivity index (χ3v) is 10.3. The lowest BCUT2D eigenvalue weighted by Crippen LogP contribution is -2.14. The Morgan fingerprint density at radius 1 is 0.500 bits per heavy atom. The number of hydrogen-bond acceptors (Lipinski definition) is 3. The van der Waals surface area contributed by atoms with Gasteiger partial charge in [0.25, 0.3) is 0 Å². The van der Waals surface area contributed by atoms with E-state index in [1.807, 2.05) is 30.5 Å². The third-order valence-electron chi connectivity index (χ3n) is 10.3. The van der Waals surface area contributed by atoms with Crippen molar-refractivity contribution in [2.75, 3.05) is 0 Å². The van der Waals surface area contributed by atoms with Gasteiger partial charge in [0, 0.05) is 27.9 Å². The summed E-state index contributed by atoms with van der Waals surface area (Å²) in [7, 11) is 0. The van der Waals surface area contributed by atoms with Gasteiger partial charge in [-0.1, -0.05) is 117 Å². The number of fused-ring (bicyclic) bond motifs is 9. The van der Waals surface area contributed by atoms with Gasteiger partial charge in [-0.25, -0.2) is 4.98 Å². The topological polar surface area (TPSA) is 38.9 Å². The van der Waals surface area contributed by atoms with Crippen LogP contribution in [0.3, 0.4) is 0 Å². The number of para-hydroxylation sites is 1. The Balaban J connectivity index is 1.10. The number of benzene rings is 7. The summed E-state index contributed by atoms with van der Waals surface area (Å²) in [5.41, 5.74) is 13.8. The molecule has 0 radical (unpaired) electrons. The predicted molar refractivity (Wildman–Crippen MR) is 198 cm³/mol. The zero-order chi connectivity index (χ0) is 32.0. The van der Waals surface area contributed by atoms with Gasteiger partial charge in [0.15, 0.2) is 5.58 Å². The minimum absolute atomic E-state index is 0.0324. The van der Waals surface area contributed by atoms with E-state index >= 15 is 0 Å². The van der Waals surface area contributed by atoms with Crippen molar-refractivity contribution >= 4 is 43.5 Å². The van der Waals surface area contributed by atoms with Crippen LogP contribution in [0.25, 0.3) is 88.4 Å². The molecular formula is C45H30N2O. The van der Waals surface area contributed by atoms with Crippen molar-refractivity contribution < 1.29 is 4.42 Å². The normalized spacial score (nSPS) is 13.4. The Hall–Kier alpha value is -6.06. The number of nitrogens with zero attached hydrogens (tertiary/aromatic N) is 2. The minimum atomic E-state index is -0.0324. The second kappa shape index (κ2) is 9.97. The molecule has 0 unspecified atom stereocenters. The summed E-state index contributed by atoms with van der Waals surface area (Å²) in [5, 5.41) is 5.56. The number of hydrogen-bond donors (Lipinski definition) is 0. The molecule has 3 heteroatoms. The van der Waals surface area contributed by atoms with E-state index in [1.54, 1.807) is 0 Å². The van der Waals surface area contributed by atoms with Crippen LogP contribution in [0.2, 0.25) is 0 Å². The molecule has 0 atom stereocenters. The van der Waals surface area contributed by atoms with E-state index in [2.05, 4.69) is 134 Å². The molecule has 2 heterocycles. The summed E-state index contributed by atoms with van der Waals surface area (Å²) < 4.78 is 6.64. The summed E-state index contributed by atoms with van der Waals surface area (Å²) in [5.74, 6) is 0.609. The minimum Gasteiger partial charge on any atom is -0.435 e. The van der Waals surface area contributed by atoms with Crippen LogP contribution in [0, 0.1) is 0 Å². The second-order valence-corrected chi connectivity index (χ2v) is 13.4. The zero-order valence-corrected chi connectivity index (χ0v) is 26.7. The number of rotatable bonds is 3. The van der Waals surface area contributed by atoms with Crippen LogP contribution in [0.4, 0.5) is 0 Å². The molecule has 0 saturated carbocycles. The van der Waals surface area contributed by atoms with Crippen molar-refractivity contribution in [1.29, 1.82) is 0 Å². The van der Waals surface area contributed by atoms with Gasteiger partial charge < -0.3 is 4.42 Å². The van der Waals surface area contributed by atoms with Gasteiger partial charge in [-0.15, -0.1) is 0 Å². The fourth-order valence-electron chi connectivity index (χ4n) is 7.86. The van der Waals surface area contributed by atoms with Gasteiger partial charge in [0.2, 0.25) is 5.89 Å². The van der Waals surface area contributed by atoms with Crippen LogP contribution in [0.1, 0.15) is 25.0 Å². The maximum atomic E-state index is 6.64. The zero-order valence-electron chi connectivity index (χ0n) is 26.7.